The van der Waals surface area contributed by atoms with Gasteiger partial charge in [-0.3, -0.25) is 0 Å². The van der Waals surface area contributed by atoms with Gasteiger partial charge in [-0.1, -0.05) is 0 Å². The lowest BCUT2D eigenvalue weighted by molar-refractivity contribution is 0.0472. The van der Waals surface area contributed by atoms with Crippen molar-refractivity contribution in [1.29, 1.82) is 0 Å². The van der Waals surface area contributed by atoms with Crippen LogP contribution in [0.5, 0.6) is 0 Å². The van der Waals surface area contributed by atoms with Crippen molar-refractivity contribution < 1.29 is 57.8 Å². The summed E-state index contributed by atoms with van der Waals surface area (Å²) >= 11 is 0. The van der Waals surface area contributed by atoms with E-state index in [2.05, 4.69) is 28.4 Å². The molecule has 0 aromatic rings. The van der Waals surface area contributed by atoms with Crippen LogP contribution in [0.4, 0.5) is 19.2 Å². The number of carbonyl (C=O) groups is 4. The van der Waals surface area contributed by atoms with E-state index in [1.165, 1.54) is 7.11 Å². The average molecular weight is 372 g/mol. The van der Waals surface area contributed by atoms with E-state index in [4.69, 9.17) is 10.2 Å². The van der Waals surface area contributed by atoms with Gasteiger partial charge in [0.05, 0.1) is 26.9 Å². The van der Waals surface area contributed by atoms with E-state index in [-0.39, 0.29) is 13.2 Å². The van der Waals surface area contributed by atoms with Crippen molar-refractivity contribution in [2.75, 3.05) is 40.1 Å². The number of carbonyl (C=O) groups excluding carboxylic acids is 2. The van der Waals surface area contributed by atoms with Crippen LogP contribution in [0.15, 0.2) is 0 Å². The van der Waals surface area contributed by atoms with Gasteiger partial charge in [-0.05, 0) is 20.8 Å². The highest BCUT2D eigenvalue weighted by Crippen LogP contribution is 1.82. The predicted octanol–water partition coefficient (Wildman–Crippen LogP) is 2.34. The molecule has 25 heavy (non-hydrogen) atoms. The number of rotatable bonds is 6. The summed E-state index contributed by atoms with van der Waals surface area (Å²) in [4.78, 5) is 39.4. The lowest BCUT2D eigenvalue weighted by Crippen LogP contribution is -2.10. The zero-order valence-electron chi connectivity index (χ0n) is 14.5. The van der Waals surface area contributed by atoms with E-state index in [1.807, 2.05) is 0 Å². The predicted molar refractivity (Wildman–Crippen MR) is 80.6 cm³/mol. The molecule has 0 amide bonds. The smallest absolute Gasteiger partial charge is 0.450 e. The fraction of sp³-hybridized carbons (Fsp3) is 0.692. The quantitative estimate of drug-likeness (QED) is 0.398. The van der Waals surface area contributed by atoms with Crippen LogP contribution in [0.3, 0.4) is 0 Å². The molecule has 12 nitrogen and oxygen atoms in total. The van der Waals surface area contributed by atoms with Crippen molar-refractivity contribution in [3.63, 3.8) is 0 Å². The first-order valence-electron chi connectivity index (χ1n) is 6.96. The Morgan fingerprint density at radius 1 is 0.640 bits per heavy atom. The van der Waals surface area contributed by atoms with Gasteiger partial charge >= 0.3 is 24.6 Å². The second-order valence-corrected chi connectivity index (χ2v) is 3.23. The summed E-state index contributed by atoms with van der Waals surface area (Å²) in [6.07, 6.45) is -4.11. The van der Waals surface area contributed by atoms with Crippen LogP contribution >= 0.6 is 0 Å². The maximum absolute atomic E-state index is 10.2. The summed E-state index contributed by atoms with van der Waals surface area (Å²) in [5.74, 6) is 0. The largest absolute Gasteiger partial charge is 0.508 e. The Kier molecular flexibility index (Phi) is 22.7. The molecule has 0 aliphatic heterocycles. The molecule has 0 saturated heterocycles. The molecule has 0 unspecified atom stereocenters. The summed E-state index contributed by atoms with van der Waals surface area (Å²) in [5.41, 5.74) is 0. The van der Waals surface area contributed by atoms with E-state index < -0.39 is 24.6 Å². The zero-order chi connectivity index (χ0) is 20.1. The van der Waals surface area contributed by atoms with Crippen molar-refractivity contribution in [1.82, 2.24) is 0 Å². The van der Waals surface area contributed by atoms with Crippen molar-refractivity contribution in [2.45, 2.75) is 20.8 Å². The van der Waals surface area contributed by atoms with Gasteiger partial charge in [0, 0.05) is 0 Å². The van der Waals surface area contributed by atoms with E-state index in [0.717, 1.165) is 0 Å². The number of ether oxygens (including phenoxy) is 6. The minimum Gasteiger partial charge on any atom is -0.450 e. The molecule has 0 aliphatic rings. The lowest BCUT2D eigenvalue weighted by atomic mass is 10.8. The van der Waals surface area contributed by atoms with Crippen molar-refractivity contribution in [2.24, 2.45) is 0 Å². The van der Waals surface area contributed by atoms with Gasteiger partial charge in [0.1, 0.15) is 13.2 Å². The molecule has 0 saturated carbocycles. The highest BCUT2D eigenvalue weighted by Gasteiger charge is 1.98. The maximum atomic E-state index is 10.2. The summed E-state index contributed by atoms with van der Waals surface area (Å²) in [5, 5.41) is 15.7. The average Bonchev–Trinajstić information content (AvgIpc) is 2.53. The lowest BCUT2D eigenvalue weighted by Gasteiger charge is -1.98. The van der Waals surface area contributed by atoms with Gasteiger partial charge in [-0.25, -0.2) is 19.2 Å². The van der Waals surface area contributed by atoms with Crippen molar-refractivity contribution >= 4 is 24.6 Å². The molecule has 148 valence electrons. The van der Waals surface area contributed by atoms with Crippen LogP contribution in [0.1, 0.15) is 20.8 Å². The Morgan fingerprint density at radius 3 is 1.16 bits per heavy atom. The highest BCUT2D eigenvalue weighted by molar-refractivity contribution is 5.59. The first-order chi connectivity index (χ1) is 11.7. The maximum Gasteiger partial charge on any atom is 0.508 e. The summed E-state index contributed by atoms with van der Waals surface area (Å²) in [7, 11) is 1.28. The third-order valence-electron chi connectivity index (χ3n) is 1.49. The van der Waals surface area contributed by atoms with Crippen LogP contribution in [0.25, 0.3) is 0 Å². The van der Waals surface area contributed by atoms with E-state index >= 15 is 0 Å². The number of hydrogen-bond donors (Lipinski definition) is 2. The van der Waals surface area contributed by atoms with E-state index in [1.54, 1.807) is 20.8 Å². The Morgan fingerprint density at radius 2 is 0.960 bits per heavy atom. The number of hydrogen-bond acceptors (Lipinski definition) is 10. The van der Waals surface area contributed by atoms with Crippen molar-refractivity contribution in [3.8, 4) is 0 Å². The number of methoxy groups -OCH3 is 1. The van der Waals surface area contributed by atoms with E-state index in [9.17, 15) is 19.2 Å². The van der Waals surface area contributed by atoms with Crippen LogP contribution in [-0.2, 0) is 28.4 Å². The summed E-state index contributed by atoms with van der Waals surface area (Å²) in [6.45, 7) is 5.75. The first kappa shape index (κ1) is 27.0. The molecule has 0 heterocycles. The van der Waals surface area contributed by atoms with Crippen LogP contribution in [0, 0.1) is 0 Å². The molecular weight excluding hydrogens is 348 g/mol. The van der Waals surface area contributed by atoms with Gasteiger partial charge in [-0.2, -0.15) is 0 Å². The molecule has 12 heteroatoms. The molecule has 0 aromatic heterocycles. The van der Waals surface area contributed by atoms with E-state index in [0.29, 0.717) is 19.8 Å². The third kappa shape index (κ3) is 33.7. The van der Waals surface area contributed by atoms with Gasteiger partial charge < -0.3 is 38.6 Å². The molecule has 0 rings (SSSR count). The molecule has 0 aliphatic carbocycles. The topological polar surface area (TPSA) is 164 Å². The molecule has 0 aromatic carbocycles. The fourth-order valence-electron chi connectivity index (χ4n) is 0.712. The van der Waals surface area contributed by atoms with Gasteiger partial charge in [0.15, 0.2) is 0 Å². The molecule has 0 radical (unpaired) electrons. The van der Waals surface area contributed by atoms with Crippen LogP contribution < -0.4 is 0 Å². The fourth-order valence-corrected chi connectivity index (χ4v) is 0.712. The summed E-state index contributed by atoms with van der Waals surface area (Å²) < 4.78 is 25.1. The molecular formula is C13H24O12. The highest BCUT2D eigenvalue weighted by atomic mass is 16.7. The van der Waals surface area contributed by atoms with Crippen LogP contribution in [0.2, 0.25) is 0 Å². The van der Waals surface area contributed by atoms with Crippen molar-refractivity contribution in [3.05, 3.63) is 0 Å². The Hall–Kier alpha value is -2.92. The molecule has 0 bridgehead atoms. The van der Waals surface area contributed by atoms with Gasteiger partial charge in [-0.15, -0.1) is 0 Å². The molecule has 0 fully saturated rings. The monoisotopic (exact) mass is 372 g/mol. The van der Waals surface area contributed by atoms with Gasteiger partial charge in [0.2, 0.25) is 0 Å². The standard InChI is InChI=1S/C5H10O3.C4H6O6.C4H8O3/c1-3-7-5(6)8-4-2;5-3(6)9-1-2-10-4(7)8;1-3-7-4(5)6-2/h3-4H2,1-2H3;1-2H2,(H,5,6)(H,7,8);3H2,1-2H3. The zero-order valence-corrected chi connectivity index (χ0v) is 14.5. The Labute approximate surface area is 144 Å². The molecule has 2 N–H and O–H groups in total. The minimum absolute atomic E-state index is 0.276. The SMILES string of the molecule is CCOC(=O)OC.CCOC(=O)OCC.O=C(O)OCCOC(=O)O. The Bertz CT molecular complexity index is 344. The minimum atomic E-state index is -1.45. The van der Waals surface area contributed by atoms with Crippen LogP contribution in [-0.4, -0.2) is 75.0 Å². The normalized spacial score (nSPS) is 8.16. The third-order valence-corrected chi connectivity index (χ3v) is 1.49. The second-order valence-electron chi connectivity index (χ2n) is 3.23. The van der Waals surface area contributed by atoms with Gasteiger partial charge in [0.25, 0.3) is 0 Å². The number of carboxylic acid groups (broad SMARTS) is 2. The molecule has 0 atom stereocenters. The summed E-state index contributed by atoms with van der Waals surface area (Å²) in [6, 6.07) is 0. The first-order valence-corrected chi connectivity index (χ1v) is 6.96. The molecule has 0 spiro atoms. The second kappa shape index (κ2) is 21.1. The Balaban J connectivity index is -0.000000296.